The Kier molecular flexibility index (Phi) is 5.65. The third kappa shape index (κ3) is 4.14. The van der Waals surface area contributed by atoms with Crippen LogP contribution in [-0.2, 0) is 27.8 Å². The van der Waals surface area contributed by atoms with E-state index in [1.807, 2.05) is 30.9 Å². The molecule has 0 unspecified atom stereocenters. The summed E-state index contributed by atoms with van der Waals surface area (Å²) in [7, 11) is -2.17. The van der Waals surface area contributed by atoms with E-state index >= 15 is 0 Å². The normalized spacial score (nSPS) is 14.0. The van der Waals surface area contributed by atoms with Gasteiger partial charge in [0.25, 0.3) is 10.0 Å². The van der Waals surface area contributed by atoms with Gasteiger partial charge in [-0.25, -0.2) is 8.42 Å². The number of carbonyl (C=O) groups excluding carboxylic acids is 1. The number of rotatable bonds is 5. The smallest absolute Gasteiger partial charge is 0.261 e. The molecule has 1 amide bonds. The van der Waals surface area contributed by atoms with Crippen molar-refractivity contribution in [1.82, 2.24) is 4.90 Å². The van der Waals surface area contributed by atoms with Crippen molar-refractivity contribution in [3.63, 3.8) is 0 Å². The number of fused-ring (bicyclic) bond motifs is 1. The lowest BCUT2D eigenvalue weighted by atomic mass is 9.98. The summed E-state index contributed by atoms with van der Waals surface area (Å²) in [5.74, 6) is 0.703. The van der Waals surface area contributed by atoms with Crippen molar-refractivity contribution in [2.75, 3.05) is 18.4 Å². The van der Waals surface area contributed by atoms with E-state index < -0.39 is 10.0 Å². The molecule has 0 spiro atoms. The molecule has 2 aromatic rings. The molecule has 1 N–H and O–H groups in total. The van der Waals surface area contributed by atoms with Crippen LogP contribution in [0.5, 0.6) is 5.75 Å². The summed E-state index contributed by atoms with van der Waals surface area (Å²) < 4.78 is 33.4. The summed E-state index contributed by atoms with van der Waals surface area (Å²) in [6.45, 7) is 6.78. The van der Waals surface area contributed by atoms with Gasteiger partial charge >= 0.3 is 0 Å². The van der Waals surface area contributed by atoms with Gasteiger partial charge < -0.3 is 9.64 Å². The second kappa shape index (κ2) is 7.83. The second-order valence-electron chi connectivity index (χ2n) is 7.38. The molecule has 3 rings (SSSR count). The number of aryl methyl sites for hydroxylation is 1. The Morgan fingerprint density at radius 2 is 1.89 bits per heavy atom. The fourth-order valence-corrected chi connectivity index (χ4v) is 4.54. The van der Waals surface area contributed by atoms with E-state index in [2.05, 4.69) is 4.72 Å². The molecule has 0 fully saturated rings. The number of carbonyl (C=O) groups is 1. The van der Waals surface area contributed by atoms with Crippen LogP contribution in [0.3, 0.4) is 0 Å². The molecule has 1 aliphatic rings. The lowest BCUT2D eigenvalue weighted by Gasteiger charge is -2.30. The van der Waals surface area contributed by atoms with E-state index in [0.29, 0.717) is 24.5 Å². The van der Waals surface area contributed by atoms with Crippen molar-refractivity contribution >= 4 is 21.6 Å². The van der Waals surface area contributed by atoms with Gasteiger partial charge in [-0.2, -0.15) is 0 Å². The number of nitrogens with one attached hydrogen (secondary N) is 1. The average Bonchev–Trinajstić information content (AvgIpc) is 2.66. The molecule has 1 heterocycles. The second-order valence-corrected chi connectivity index (χ2v) is 9.07. The maximum Gasteiger partial charge on any atom is 0.261 e. The molecule has 2 aromatic carbocycles. The monoisotopic (exact) mass is 402 g/mol. The SMILES string of the molecule is COc1ccc(S(=O)(=O)Nc2ccc3c(c2)CN(C(=O)C(C)C)CC3)cc1C. The number of ether oxygens (including phenoxy) is 1. The first-order valence-electron chi connectivity index (χ1n) is 9.29. The Morgan fingerprint density at radius 3 is 2.54 bits per heavy atom. The maximum atomic E-state index is 12.8. The molecule has 6 nitrogen and oxygen atoms in total. The topological polar surface area (TPSA) is 75.7 Å². The lowest BCUT2D eigenvalue weighted by Crippen LogP contribution is -2.38. The van der Waals surface area contributed by atoms with Crippen LogP contribution in [0.25, 0.3) is 0 Å². The number of methoxy groups -OCH3 is 1. The van der Waals surface area contributed by atoms with Gasteiger partial charge in [-0.1, -0.05) is 19.9 Å². The highest BCUT2D eigenvalue weighted by atomic mass is 32.2. The molecule has 28 heavy (non-hydrogen) atoms. The molecule has 150 valence electrons. The first-order chi connectivity index (χ1) is 13.2. The number of hydrogen-bond acceptors (Lipinski definition) is 4. The van der Waals surface area contributed by atoms with Gasteiger partial charge in [-0.3, -0.25) is 9.52 Å². The van der Waals surface area contributed by atoms with Crippen molar-refractivity contribution < 1.29 is 17.9 Å². The number of amides is 1. The van der Waals surface area contributed by atoms with E-state index in [4.69, 9.17) is 4.74 Å². The third-order valence-electron chi connectivity index (χ3n) is 4.95. The van der Waals surface area contributed by atoms with Crippen molar-refractivity contribution in [3.05, 3.63) is 53.1 Å². The van der Waals surface area contributed by atoms with Gasteiger partial charge in [0.1, 0.15) is 5.75 Å². The minimum absolute atomic E-state index is 0.0541. The van der Waals surface area contributed by atoms with Crippen LogP contribution in [0.15, 0.2) is 41.3 Å². The van der Waals surface area contributed by atoms with Crippen molar-refractivity contribution in [2.24, 2.45) is 5.92 Å². The maximum absolute atomic E-state index is 12.8. The molecule has 0 aliphatic carbocycles. The van der Waals surface area contributed by atoms with Crippen LogP contribution in [-0.4, -0.2) is 32.9 Å². The molecule has 0 atom stereocenters. The van der Waals surface area contributed by atoms with Crippen molar-refractivity contribution in [3.8, 4) is 5.75 Å². The van der Waals surface area contributed by atoms with Crippen LogP contribution in [0.4, 0.5) is 5.69 Å². The summed E-state index contributed by atoms with van der Waals surface area (Å²) in [5.41, 5.74) is 3.37. The lowest BCUT2D eigenvalue weighted by molar-refractivity contribution is -0.135. The van der Waals surface area contributed by atoms with Gasteiger partial charge in [0, 0.05) is 24.7 Å². The fourth-order valence-electron chi connectivity index (χ4n) is 3.41. The van der Waals surface area contributed by atoms with Gasteiger partial charge in [0.05, 0.1) is 12.0 Å². The highest BCUT2D eigenvalue weighted by Gasteiger charge is 2.23. The van der Waals surface area contributed by atoms with Crippen LogP contribution < -0.4 is 9.46 Å². The highest BCUT2D eigenvalue weighted by Crippen LogP contribution is 2.27. The molecule has 1 aliphatic heterocycles. The Hall–Kier alpha value is -2.54. The summed E-state index contributed by atoms with van der Waals surface area (Å²) in [6.07, 6.45) is 0.776. The fraction of sp³-hybridized carbons (Fsp3) is 0.381. The Balaban J connectivity index is 1.83. The van der Waals surface area contributed by atoms with Crippen LogP contribution in [0.1, 0.15) is 30.5 Å². The number of anilines is 1. The van der Waals surface area contributed by atoms with E-state index in [1.165, 1.54) is 6.07 Å². The summed E-state index contributed by atoms with van der Waals surface area (Å²) in [4.78, 5) is 14.3. The highest BCUT2D eigenvalue weighted by molar-refractivity contribution is 7.92. The van der Waals surface area contributed by atoms with Crippen LogP contribution in [0.2, 0.25) is 0 Å². The van der Waals surface area contributed by atoms with Gasteiger partial charge in [0.2, 0.25) is 5.91 Å². The van der Waals surface area contributed by atoms with Gasteiger partial charge in [-0.15, -0.1) is 0 Å². The molecule has 0 saturated heterocycles. The minimum atomic E-state index is -3.72. The predicted octanol–water partition coefficient (Wildman–Crippen LogP) is 3.35. The molecule has 0 radical (unpaired) electrons. The first kappa shape index (κ1) is 20.2. The van der Waals surface area contributed by atoms with Crippen LogP contribution in [0, 0.1) is 12.8 Å². The van der Waals surface area contributed by atoms with Crippen molar-refractivity contribution in [2.45, 2.75) is 38.6 Å². The Morgan fingerprint density at radius 1 is 1.14 bits per heavy atom. The standard InChI is InChI=1S/C21H26N2O4S/c1-14(2)21(24)23-10-9-16-5-6-18(12-17(16)13-23)22-28(25,26)19-7-8-20(27-4)15(3)11-19/h5-8,11-12,14,22H,9-10,13H2,1-4H3. The summed E-state index contributed by atoms with van der Waals surface area (Å²) in [6, 6.07) is 10.3. The number of benzene rings is 2. The first-order valence-corrected chi connectivity index (χ1v) is 10.8. The molecule has 7 heteroatoms. The average molecular weight is 403 g/mol. The molecular formula is C21H26N2O4S. The number of hydrogen-bond donors (Lipinski definition) is 1. The van der Waals surface area contributed by atoms with E-state index in [1.54, 1.807) is 32.2 Å². The summed E-state index contributed by atoms with van der Waals surface area (Å²) >= 11 is 0. The molecule has 0 aromatic heterocycles. The number of sulfonamides is 1. The number of nitrogens with zero attached hydrogens (tertiary/aromatic N) is 1. The third-order valence-corrected chi connectivity index (χ3v) is 6.33. The molecule has 0 bridgehead atoms. The zero-order chi connectivity index (χ0) is 20.5. The summed E-state index contributed by atoms with van der Waals surface area (Å²) in [5, 5.41) is 0. The van der Waals surface area contributed by atoms with E-state index in [0.717, 1.165) is 23.1 Å². The zero-order valence-corrected chi connectivity index (χ0v) is 17.5. The van der Waals surface area contributed by atoms with E-state index in [9.17, 15) is 13.2 Å². The quantitative estimate of drug-likeness (QED) is 0.832. The predicted molar refractivity (Wildman–Crippen MR) is 109 cm³/mol. The van der Waals surface area contributed by atoms with Gasteiger partial charge in [0.15, 0.2) is 0 Å². The van der Waals surface area contributed by atoms with Crippen molar-refractivity contribution in [1.29, 1.82) is 0 Å². The van der Waals surface area contributed by atoms with E-state index in [-0.39, 0.29) is 16.7 Å². The Labute approximate surface area is 166 Å². The Bertz CT molecular complexity index is 999. The molecule has 0 saturated carbocycles. The zero-order valence-electron chi connectivity index (χ0n) is 16.7. The van der Waals surface area contributed by atoms with Gasteiger partial charge in [-0.05, 0) is 60.4 Å². The largest absolute Gasteiger partial charge is 0.496 e. The van der Waals surface area contributed by atoms with Crippen LogP contribution >= 0.6 is 0 Å². The minimum Gasteiger partial charge on any atom is -0.496 e. The molecular weight excluding hydrogens is 376 g/mol.